The van der Waals surface area contributed by atoms with Crippen molar-refractivity contribution >= 4 is 34.8 Å². The predicted octanol–water partition coefficient (Wildman–Crippen LogP) is 4.17. The van der Waals surface area contributed by atoms with Crippen molar-refractivity contribution in [3.8, 4) is 0 Å². The smallest absolute Gasteiger partial charge is 0.248 e. The summed E-state index contributed by atoms with van der Waals surface area (Å²) in [5.74, 6) is 0.0291. The first-order valence-electron chi connectivity index (χ1n) is 8.64. The molecule has 0 aromatic heterocycles. The summed E-state index contributed by atoms with van der Waals surface area (Å²) in [6.07, 6.45) is 0. The van der Waals surface area contributed by atoms with Crippen molar-refractivity contribution in [3.63, 3.8) is 0 Å². The van der Waals surface area contributed by atoms with Crippen LogP contribution in [0.4, 0.5) is 5.69 Å². The van der Waals surface area contributed by atoms with Crippen LogP contribution in [0.2, 0.25) is 10.0 Å². The number of carbonyl (C=O) groups excluding carboxylic acids is 1. The number of hydrogen-bond donors (Lipinski definition) is 0. The Labute approximate surface area is 164 Å². The summed E-state index contributed by atoms with van der Waals surface area (Å²) < 4.78 is 5.56. The fourth-order valence-corrected chi connectivity index (χ4v) is 3.56. The standard InChI is InChI=1S/C20H22Cl2N2O2/c1-15-18(22)11-17(21)12-19(15)23-7-9-24(10-8-23)20(25)14-26-13-16-5-3-2-4-6-16/h2-6,11-12H,7-10,13-14H2,1H3. The van der Waals surface area contributed by atoms with E-state index in [0.717, 1.165) is 29.9 Å². The maximum absolute atomic E-state index is 12.3. The van der Waals surface area contributed by atoms with E-state index in [2.05, 4.69) is 4.90 Å². The molecule has 0 radical (unpaired) electrons. The van der Waals surface area contributed by atoms with Gasteiger partial charge in [0.25, 0.3) is 0 Å². The molecule has 2 aromatic carbocycles. The van der Waals surface area contributed by atoms with Crippen molar-refractivity contribution in [2.24, 2.45) is 0 Å². The number of carbonyl (C=O) groups is 1. The molecule has 0 unspecified atom stereocenters. The zero-order valence-electron chi connectivity index (χ0n) is 14.8. The van der Waals surface area contributed by atoms with Crippen LogP contribution >= 0.6 is 23.2 Å². The number of anilines is 1. The number of rotatable bonds is 5. The van der Waals surface area contributed by atoms with Crippen LogP contribution in [-0.2, 0) is 16.1 Å². The first-order chi connectivity index (χ1) is 12.5. The Kier molecular flexibility index (Phi) is 6.41. The average molecular weight is 393 g/mol. The van der Waals surface area contributed by atoms with E-state index < -0.39 is 0 Å². The molecule has 1 saturated heterocycles. The molecule has 4 nitrogen and oxygen atoms in total. The van der Waals surface area contributed by atoms with Gasteiger partial charge in [0.1, 0.15) is 6.61 Å². The average Bonchev–Trinajstić information content (AvgIpc) is 2.65. The molecule has 1 heterocycles. The molecule has 3 rings (SSSR count). The van der Waals surface area contributed by atoms with Gasteiger partial charge >= 0.3 is 0 Å². The normalized spacial score (nSPS) is 14.6. The minimum Gasteiger partial charge on any atom is -0.368 e. The summed E-state index contributed by atoms with van der Waals surface area (Å²) in [5, 5.41) is 1.30. The minimum atomic E-state index is 0.0291. The highest BCUT2D eigenvalue weighted by atomic mass is 35.5. The molecule has 0 saturated carbocycles. The molecule has 2 aromatic rings. The van der Waals surface area contributed by atoms with Gasteiger partial charge in [-0.25, -0.2) is 0 Å². The number of halogens is 2. The van der Waals surface area contributed by atoms with Crippen molar-refractivity contribution in [2.45, 2.75) is 13.5 Å². The van der Waals surface area contributed by atoms with Gasteiger partial charge < -0.3 is 14.5 Å². The topological polar surface area (TPSA) is 32.8 Å². The van der Waals surface area contributed by atoms with Crippen molar-refractivity contribution < 1.29 is 9.53 Å². The summed E-state index contributed by atoms with van der Waals surface area (Å²) in [4.78, 5) is 16.4. The van der Waals surface area contributed by atoms with E-state index in [1.165, 1.54) is 0 Å². The van der Waals surface area contributed by atoms with Gasteiger partial charge in [0, 0.05) is 41.9 Å². The van der Waals surface area contributed by atoms with Gasteiger partial charge in [0.05, 0.1) is 6.61 Å². The molecule has 6 heteroatoms. The zero-order chi connectivity index (χ0) is 18.5. The molecule has 0 aliphatic carbocycles. The van der Waals surface area contributed by atoms with Crippen LogP contribution in [0.25, 0.3) is 0 Å². The highest BCUT2D eigenvalue weighted by molar-refractivity contribution is 6.35. The van der Waals surface area contributed by atoms with Gasteiger partial charge in [-0.2, -0.15) is 0 Å². The monoisotopic (exact) mass is 392 g/mol. The van der Waals surface area contributed by atoms with Crippen molar-refractivity contribution in [1.82, 2.24) is 4.90 Å². The molecule has 0 spiro atoms. The molecular weight excluding hydrogens is 371 g/mol. The summed E-state index contributed by atoms with van der Waals surface area (Å²) in [5.41, 5.74) is 3.12. The maximum Gasteiger partial charge on any atom is 0.248 e. The Bertz CT molecular complexity index is 760. The van der Waals surface area contributed by atoms with Gasteiger partial charge in [-0.15, -0.1) is 0 Å². The van der Waals surface area contributed by atoms with E-state index in [0.29, 0.717) is 29.7 Å². The van der Waals surface area contributed by atoms with E-state index >= 15 is 0 Å². The third-order valence-electron chi connectivity index (χ3n) is 4.59. The van der Waals surface area contributed by atoms with E-state index in [1.54, 1.807) is 6.07 Å². The second-order valence-corrected chi connectivity index (χ2v) is 7.22. The van der Waals surface area contributed by atoms with Gasteiger partial charge in [-0.3, -0.25) is 4.79 Å². The highest BCUT2D eigenvalue weighted by Crippen LogP contribution is 2.31. The van der Waals surface area contributed by atoms with Crippen LogP contribution in [0.5, 0.6) is 0 Å². The Morgan fingerprint density at radius 1 is 1.08 bits per heavy atom. The van der Waals surface area contributed by atoms with Gasteiger partial charge in [-0.05, 0) is 30.2 Å². The third kappa shape index (κ3) is 4.70. The Balaban J connectivity index is 1.49. The number of amides is 1. The Morgan fingerprint density at radius 2 is 1.77 bits per heavy atom. The second kappa shape index (κ2) is 8.76. The molecule has 1 amide bonds. The molecule has 0 bridgehead atoms. The van der Waals surface area contributed by atoms with Gasteiger partial charge in [-0.1, -0.05) is 53.5 Å². The quantitative estimate of drug-likeness (QED) is 0.765. The molecule has 1 aliphatic heterocycles. The first kappa shape index (κ1) is 19.0. The van der Waals surface area contributed by atoms with Crippen LogP contribution in [0.1, 0.15) is 11.1 Å². The molecule has 1 aliphatic rings. The lowest BCUT2D eigenvalue weighted by atomic mass is 10.1. The number of benzene rings is 2. The zero-order valence-corrected chi connectivity index (χ0v) is 16.3. The second-order valence-electron chi connectivity index (χ2n) is 6.38. The van der Waals surface area contributed by atoms with E-state index in [1.807, 2.05) is 48.2 Å². The number of nitrogens with zero attached hydrogens (tertiary/aromatic N) is 2. The fourth-order valence-electron chi connectivity index (χ4n) is 3.08. The molecule has 0 atom stereocenters. The van der Waals surface area contributed by atoms with E-state index in [9.17, 15) is 4.79 Å². The summed E-state index contributed by atoms with van der Waals surface area (Å²) in [7, 11) is 0. The van der Waals surface area contributed by atoms with E-state index in [-0.39, 0.29) is 12.5 Å². The number of piperazine rings is 1. The molecule has 26 heavy (non-hydrogen) atoms. The lowest BCUT2D eigenvalue weighted by Crippen LogP contribution is -2.50. The molecule has 0 N–H and O–H groups in total. The lowest BCUT2D eigenvalue weighted by Gasteiger charge is -2.37. The third-order valence-corrected chi connectivity index (χ3v) is 5.20. The number of ether oxygens (including phenoxy) is 1. The van der Waals surface area contributed by atoms with Crippen molar-refractivity contribution in [1.29, 1.82) is 0 Å². The SMILES string of the molecule is Cc1c(Cl)cc(Cl)cc1N1CCN(C(=O)COCc2ccccc2)CC1. The summed E-state index contributed by atoms with van der Waals surface area (Å²) in [6, 6.07) is 13.6. The Hall–Kier alpha value is -1.75. The Morgan fingerprint density at radius 3 is 2.46 bits per heavy atom. The molecule has 138 valence electrons. The summed E-state index contributed by atoms with van der Waals surface area (Å²) >= 11 is 12.4. The summed E-state index contributed by atoms with van der Waals surface area (Å²) in [6.45, 7) is 5.38. The van der Waals surface area contributed by atoms with Crippen LogP contribution in [-0.4, -0.2) is 43.6 Å². The van der Waals surface area contributed by atoms with Crippen LogP contribution in [0, 0.1) is 6.92 Å². The van der Waals surface area contributed by atoms with Crippen LogP contribution in [0.3, 0.4) is 0 Å². The largest absolute Gasteiger partial charge is 0.368 e. The fraction of sp³-hybridized carbons (Fsp3) is 0.350. The number of hydrogen-bond acceptors (Lipinski definition) is 3. The molecular formula is C20H22Cl2N2O2. The van der Waals surface area contributed by atoms with Crippen LogP contribution < -0.4 is 4.90 Å². The van der Waals surface area contributed by atoms with Crippen molar-refractivity contribution in [2.75, 3.05) is 37.7 Å². The van der Waals surface area contributed by atoms with Gasteiger partial charge in [0.15, 0.2) is 0 Å². The predicted molar refractivity (Wildman–Crippen MR) is 106 cm³/mol. The first-order valence-corrected chi connectivity index (χ1v) is 9.40. The van der Waals surface area contributed by atoms with E-state index in [4.69, 9.17) is 27.9 Å². The van der Waals surface area contributed by atoms with Crippen LogP contribution in [0.15, 0.2) is 42.5 Å². The molecule has 1 fully saturated rings. The van der Waals surface area contributed by atoms with Crippen molar-refractivity contribution in [3.05, 3.63) is 63.6 Å². The minimum absolute atomic E-state index is 0.0291. The van der Waals surface area contributed by atoms with Gasteiger partial charge in [0.2, 0.25) is 5.91 Å². The lowest BCUT2D eigenvalue weighted by molar-refractivity contribution is -0.136. The highest BCUT2D eigenvalue weighted by Gasteiger charge is 2.23. The maximum atomic E-state index is 12.3.